The van der Waals surface area contributed by atoms with Gasteiger partial charge in [-0.25, -0.2) is 39.4 Å². The monoisotopic (exact) mass is 2590 g/mol. The number of halogens is 13. The molecular weight excluding hydrogens is 2430 g/mol. The lowest BCUT2D eigenvalue weighted by Crippen LogP contribution is -2.06. The molecule has 150 heavy (non-hydrogen) atoms. The van der Waals surface area contributed by atoms with E-state index in [0.717, 1.165) is 103 Å². The van der Waals surface area contributed by atoms with Gasteiger partial charge >= 0.3 is 0 Å². The number of nitrogens with two attached hydrogens (primary N) is 1. The third-order valence-corrected chi connectivity index (χ3v) is 22.2. The van der Waals surface area contributed by atoms with Crippen LogP contribution in [0, 0.1) is 67.1 Å². The Balaban J connectivity index is -0.000000157. The fourth-order valence-corrected chi connectivity index (χ4v) is 14.6. The molecule has 7 aromatic heterocycles. The average Bonchev–Trinajstić information content (AvgIpc) is 0.829. The maximum Gasteiger partial charge on any atom is 0.205 e. The Morgan fingerprint density at radius 3 is 1.04 bits per heavy atom. The summed E-state index contributed by atoms with van der Waals surface area (Å²) in [7, 11) is 13.5. The van der Waals surface area contributed by atoms with E-state index in [1.54, 1.807) is 37.1 Å². The summed E-state index contributed by atoms with van der Waals surface area (Å²) >= 11 is 17.2. The van der Waals surface area contributed by atoms with Gasteiger partial charge in [0, 0.05) is 152 Å². The Bertz CT molecular complexity index is 5230. The van der Waals surface area contributed by atoms with Crippen molar-refractivity contribution in [3.63, 3.8) is 0 Å². The highest BCUT2D eigenvalue weighted by Crippen LogP contribution is 2.33. The van der Waals surface area contributed by atoms with Gasteiger partial charge in [-0.05, 0) is 282 Å². The summed E-state index contributed by atoms with van der Waals surface area (Å²) in [6.07, 6.45) is 41.7. The van der Waals surface area contributed by atoms with E-state index in [2.05, 4.69) is 377 Å². The van der Waals surface area contributed by atoms with Crippen molar-refractivity contribution >= 4 is 128 Å². The fourth-order valence-electron chi connectivity index (χ4n) is 11.9. The molecule has 3 atom stereocenters. The third-order valence-electron chi connectivity index (χ3n) is 18.3. The average molecular weight is 2600 g/mol. The number of nitrogens with zero attached hydrogens (tertiary/aromatic N) is 14. The van der Waals surface area contributed by atoms with Gasteiger partial charge in [0.15, 0.2) is 0 Å². The molecule has 3 N–H and O–H groups in total. The lowest BCUT2D eigenvalue weighted by atomic mass is 9.88. The van der Waals surface area contributed by atoms with E-state index in [0.29, 0.717) is 54.9 Å². The molecule has 0 spiro atoms. The fraction of sp³-hybridized carbons (Fsp3) is 0.342. The van der Waals surface area contributed by atoms with Crippen LogP contribution in [-0.2, 0) is 24.6 Å². The van der Waals surface area contributed by atoms with Crippen molar-refractivity contribution in [3.05, 3.63) is 489 Å². The Hall–Kier alpha value is -11.3. The maximum absolute atomic E-state index is 11.1. The van der Waals surface area contributed by atoms with Crippen molar-refractivity contribution in [3.8, 4) is 0 Å². The number of aldehydes is 1. The highest BCUT2D eigenvalue weighted by molar-refractivity contribution is 14.1. The Morgan fingerprint density at radius 1 is 0.407 bits per heavy atom. The third kappa shape index (κ3) is 90.6. The van der Waals surface area contributed by atoms with E-state index in [-0.39, 0.29) is 12.0 Å². The zero-order chi connectivity index (χ0) is 114. The molecule has 1 aliphatic rings. The number of alkyl halides is 10. The molecule has 7 heterocycles. The SMILES string of the molecule is BrCc1ccccc1.Brc1cccnc1.CCCN.CCCN=Cc1ccncc1C(CCI)c1ccccc1.CCCNC.CF.CF.CF.CF.CF.CF.Cc1ccccc1.Cc1ccncc1Br.Cc1ccncc1C(CCI)c1ccccc1.Cc1ccncc1Cc1ccccc1.F.O=Cc1ccncc1C(CCI)c1ccccc1.[3HH].[C-]#[N+]C.[C-]#[N+]C.[C-]#[N+]C.[C-]#[N+]C.[C-]#[N+]C.[C-]#[N+]C.c1cc2c(cn1)CCCC2. The Labute approximate surface area is 964 Å². The highest BCUT2D eigenvalue weighted by atomic mass is 127. The number of carbonyl (C=O) groups excluding carboxylic acids is 1. The van der Waals surface area contributed by atoms with Crippen LogP contribution in [0.5, 0.6) is 0 Å². The van der Waals surface area contributed by atoms with E-state index < -0.39 is 0 Å². The predicted octanol–water partition coefficient (Wildman–Crippen LogP) is 34.7. The van der Waals surface area contributed by atoms with Crippen molar-refractivity contribution in [1.29, 1.82) is 0 Å². The highest BCUT2D eigenvalue weighted by Gasteiger charge is 2.19. The molecule has 0 saturated carbocycles. The van der Waals surface area contributed by atoms with Crippen molar-refractivity contribution in [1.82, 2.24) is 40.2 Å². The molecule has 6 aromatic carbocycles. The second kappa shape index (κ2) is 128. The second-order valence-electron chi connectivity index (χ2n) is 28.8. The number of benzene rings is 6. The molecule has 0 aliphatic heterocycles. The minimum atomic E-state index is 0. The molecule has 0 fully saturated rings. The normalized spacial score (nSPS) is 9.49. The number of hydrogen-bond acceptors (Lipinski definition) is 11. The molecule has 13 aromatic rings. The summed E-state index contributed by atoms with van der Waals surface area (Å²) in [5, 5.41) is 3.97. The van der Waals surface area contributed by atoms with Gasteiger partial charge in [0.05, 0.1) is 43.1 Å². The van der Waals surface area contributed by atoms with Crippen LogP contribution in [0.25, 0.3) is 29.1 Å². The number of hydrogen-bond donors (Lipinski definition) is 2. The first-order chi connectivity index (χ1) is 72.7. The van der Waals surface area contributed by atoms with Gasteiger partial charge in [-0.15, -0.1) is 0 Å². The lowest BCUT2D eigenvalue weighted by molar-refractivity contribution is 0.112. The number of carbonyl (C=O) groups is 1. The predicted molar refractivity (Wildman–Crippen MR) is 664 cm³/mol. The van der Waals surface area contributed by atoms with Crippen LogP contribution in [-0.4, -0.2) is 173 Å². The van der Waals surface area contributed by atoms with Crippen molar-refractivity contribution < 1.29 is 37.3 Å². The lowest BCUT2D eigenvalue weighted by Gasteiger charge is -2.18. The first-order valence-electron chi connectivity index (χ1n) is 47.0. The van der Waals surface area contributed by atoms with E-state index in [9.17, 15) is 31.1 Å². The molecule has 1 aliphatic carbocycles. The first kappa shape index (κ1) is 159. The molecule has 816 valence electrons. The summed E-state index contributed by atoms with van der Waals surface area (Å²) in [5.41, 5.74) is 26.7. The zero-order valence-electron chi connectivity index (χ0n) is 90.8. The standard InChI is InChI=1S/C18H21IN2.C15H14INO.C15H16IN.C13H13N.C9H11N.C7H7Br.C7H8.C6H6BrN.C5H4BrN.C4H11N.C3H9N.6C2H3N.6CH3F.FH.H2/c1-2-11-20-13-16-9-12-21-14-18(16)17(8-10-19)15-6-4-3-5-7-15;16-8-6-14(12-4-2-1-3-5-12)15-10-17-9-7-13(15)11-18;1-12-8-10-17-11-15(12)14(7-9-16)13-5-3-2-4-6-13;1-11-7-8-14-10-13(11)9-12-5-3-2-4-6-12;1-2-4-9-7-10-6-5-8(9)3-1;8-6-7-4-2-1-3-5-7;1-7-5-3-2-4-6-7;1-5-2-3-8-4-6(5)7;6-5-2-1-3-7-4-5;1-3-4-5-2;1-2-3-4;6*1-3-2;6*1-2;;/h3-7,9,12-14,17H,2,8,10-11H2,1H3;1-5,7,9-11,14H,6,8H2;2-6,8,10-11,14H,7,9H2,1H3;2-8,10H,9H2,1H3;5-7H,1-4H2;1-5H,6H2;2-6H,1H3;2-4H,1H3;1-4H;5H,3-4H2,1-2H3;2-4H2,1H3;6*1H3;6*1H3;2*1H/i;;;;;;;;;;;;;;;;;;;;;;;;1+2. The summed E-state index contributed by atoms with van der Waals surface area (Å²) in [5.74, 6) is 1.11. The molecule has 30 heteroatoms. The van der Waals surface area contributed by atoms with Gasteiger partial charge < -0.3 is 40.1 Å². The van der Waals surface area contributed by atoms with Crippen LogP contribution in [0.2, 0.25) is 0 Å². The summed E-state index contributed by atoms with van der Waals surface area (Å²) in [4.78, 5) is 60.9. The van der Waals surface area contributed by atoms with Crippen LogP contribution in [0.1, 0.15) is 191 Å². The van der Waals surface area contributed by atoms with Crippen LogP contribution in [0.3, 0.4) is 0 Å². The van der Waals surface area contributed by atoms with Crippen LogP contribution in [0.4, 0.5) is 31.0 Å². The maximum atomic E-state index is 11.1. The number of nitrogens with one attached hydrogen (secondary N) is 1. The van der Waals surface area contributed by atoms with Gasteiger partial charge in [-0.3, -0.25) is 75.7 Å². The minimum absolute atomic E-state index is 0. The Kier molecular flexibility index (Phi) is 136. The largest absolute Gasteiger partial charge is 0.330 e. The zero-order valence-corrected chi connectivity index (χ0v) is 102. The molecule has 0 amide bonds. The van der Waals surface area contributed by atoms with Crippen molar-refractivity contribution in [2.24, 2.45) is 10.7 Å². The van der Waals surface area contributed by atoms with E-state index >= 15 is 0 Å². The van der Waals surface area contributed by atoms with Crippen LogP contribution >= 0.6 is 116 Å². The second-order valence-corrected chi connectivity index (χ2v) is 34.4. The number of aromatic nitrogens is 7. The van der Waals surface area contributed by atoms with E-state index in [1.165, 1.54) is 158 Å². The van der Waals surface area contributed by atoms with Crippen molar-refractivity contribution in [2.75, 3.05) is 125 Å². The molecule has 3 unspecified atom stereocenters. The topological polar surface area (TPSA) is 184 Å². The first-order valence-corrected chi connectivity index (χ1v) is 54.3. The van der Waals surface area contributed by atoms with Gasteiger partial charge in [-0.1, -0.05) is 292 Å². The number of fused-ring (bicyclic) bond motifs is 1. The summed E-state index contributed by atoms with van der Waals surface area (Å²) < 4.78 is 62.4. The smallest absolute Gasteiger partial charge is 0.205 e. The van der Waals surface area contributed by atoms with Gasteiger partial charge in [0.25, 0.3) is 0 Å². The van der Waals surface area contributed by atoms with Crippen LogP contribution < -0.4 is 11.1 Å². The molecule has 14 rings (SSSR count). The molecule has 0 bridgehead atoms. The number of pyridine rings is 7. The van der Waals surface area contributed by atoms with Crippen molar-refractivity contribution in [2.45, 2.75) is 142 Å². The van der Waals surface area contributed by atoms with Gasteiger partial charge in [-0.2, -0.15) is 0 Å². The van der Waals surface area contributed by atoms with E-state index in [1.807, 2.05) is 155 Å². The van der Waals surface area contributed by atoms with Gasteiger partial charge in [0.2, 0.25) is 42.3 Å². The number of aryl methyl sites for hydroxylation is 6. The quantitative estimate of drug-likeness (QED) is 0.0165. The minimum Gasteiger partial charge on any atom is -0.330 e. The van der Waals surface area contributed by atoms with E-state index in [4.69, 9.17) is 45.2 Å². The van der Waals surface area contributed by atoms with Gasteiger partial charge in [0.1, 0.15) is 6.29 Å². The summed E-state index contributed by atoms with van der Waals surface area (Å²) in [6, 6.07) is 78.6. The van der Waals surface area contributed by atoms with Crippen LogP contribution in [0.15, 0.2) is 331 Å². The molecule has 0 saturated heterocycles. The number of rotatable bonds is 22. The molecule has 17 nitrogen and oxygen atoms in total. The molecule has 0 radical (unpaired) electrons. The summed E-state index contributed by atoms with van der Waals surface area (Å²) in [6.45, 7) is 52.6. The Morgan fingerprint density at radius 2 is 0.740 bits per heavy atom. The number of aliphatic imine (C=N–C) groups is 1. The molecular formula is C120H159Br3F7I3N16O.